The molecule has 0 aliphatic carbocycles. The molecular weight excluding hydrogens is 193 g/mol. The van der Waals surface area contributed by atoms with Gasteiger partial charge in [-0.15, -0.1) is 0 Å². The number of unbranched alkanes of at least 4 members (excludes halogenated alkanes) is 2. The van der Waals surface area contributed by atoms with E-state index >= 15 is 0 Å². The maximum Gasteiger partial charge on any atom is 0.165 e. The Morgan fingerprint density at radius 3 is 2.93 bits per heavy atom. The van der Waals surface area contributed by atoms with E-state index in [2.05, 4.69) is 6.07 Å². The van der Waals surface area contributed by atoms with Gasteiger partial charge in [-0.1, -0.05) is 6.07 Å². The van der Waals surface area contributed by atoms with E-state index in [4.69, 9.17) is 10.00 Å². The van der Waals surface area contributed by atoms with Gasteiger partial charge in [0.05, 0.1) is 12.7 Å². The van der Waals surface area contributed by atoms with E-state index in [1.54, 1.807) is 12.1 Å². The highest BCUT2D eigenvalue weighted by Gasteiger charge is 2.02. The van der Waals surface area contributed by atoms with Crippen LogP contribution in [-0.4, -0.2) is 6.61 Å². The van der Waals surface area contributed by atoms with Gasteiger partial charge >= 0.3 is 0 Å². The van der Waals surface area contributed by atoms with Crippen LogP contribution in [0.15, 0.2) is 18.2 Å². The molecule has 0 unspecified atom stereocenters. The Labute approximate surface area is 89.3 Å². The molecule has 0 radical (unpaired) electrons. The predicted octanol–water partition coefficient (Wildman–Crippen LogP) is 3.21. The molecule has 0 amide bonds. The molecule has 0 aromatic heterocycles. The highest BCUT2D eigenvalue weighted by molar-refractivity contribution is 5.29. The number of nitrogens with zero attached hydrogens (tertiary/aromatic N) is 1. The Bertz CT molecular complexity index is 357. The molecule has 0 aliphatic heterocycles. The Hall–Kier alpha value is -1.56. The summed E-state index contributed by atoms with van der Waals surface area (Å²) >= 11 is 0. The van der Waals surface area contributed by atoms with Gasteiger partial charge in [0.15, 0.2) is 11.6 Å². The van der Waals surface area contributed by atoms with Crippen molar-refractivity contribution < 1.29 is 9.13 Å². The summed E-state index contributed by atoms with van der Waals surface area (Å²) in [5, 5.41) is 8.31. The number of hydrogen-bond acceptors (Lipinski definition) is 2. The lowest BCUT2D eigenvalue weighted by Gasteiger charge is -2.07. The second-order valence-electron chi connectivity index (χ2n) is 3.40. The first-order valence-electron chi connectivity index (χ1n) is 5.00. The summed E-state index contributed by atoms with van der Waals surface area (Å²) < 4.78 is 18.4. The average Bonchev–Trinajstić information content (AvgIpc) is 2.23. The summed E-state index contributed by atoms with van der Waals surface area (Å²) in [5.74, 6) is -0.0344. The van der Waals surface area contributed by atoms with E-state index in [-0.39, 0.29) is 5.82 Å². The minimum Gasteiger partial charge on any atom is -0.491 e. The van der Waals surface area contributed by atoms with Gasteiger partial charge in [-0.05, 0) is 37.5 Å². The molecule has 1 aromatic rings. The first kappa shape index (κ1) is 11.5. The molecule has 3 heteroatoms. The van der Waals surface area contributed by atoms with E-state index in [1.165, 1.54) is 6.07 Å². The van der Waals surface area contributed by atoms with Gasteiger partial charge in [-0.25, -0.2) is 4.39 Å². The van der Waals surface area contributed by atoms with E-state index in [9.17, 15) is 4.39 Å². The summed E-state index contributed by atoms with van der Waals surface area (Å²) in [6, 6.07) is 6.85. The molecule has 0 saturated heterocycles. The van der Waals surface area contributed by atoms with Crippen LogP contribution >= 0.6 is 0 Å². The lowest BCUT2D eigenvalue weighted by Crippen LogP contribution is -1.99. The van der Waals surface area contributed by atoms with Gasteiger partial charge in [0.2, 0.25) is 0 Å². The fourth-order valence-electron chi connectivity index (χ4n) is 1.21. The van der Waals surface area contributed by atoms with Crippen LogP contribution in [0, 0.1) is 24.1 Å². The average molecular weight is 207 g/mol. The highest BCUT2D eigenvalue weighted by Crippen LogP contribution is 2.18. The highest BCUT2D eigenvalue weighted by atomic mass is 19.1. The fraction of sp³-hybridized carbons (Fsp3) is 0.417. The fourth-order valence-corrected chi connectivity index (χ4v) is 1.21. The topological polar surface area (TPSA) is 33.0 Å². The molecule has 0 heterocycles. The Balaban J connectivity index is 2.37. The van der Waals surface area contributed by atoms with Crippen molar-refractivity contribution in [2.24, 2.45) is 0 Å². The predicted molar refractivity (Wildman–Crippen MR) is 56.1 cm³/mol. The monoisotopic (exact) mass is 207 g/mol. The molecule has 1 aromatic carbocycles. The number of halogens is 1. The van der Waals surface area contributed by atoms with E-state index in [1.807, 2.05) is 6.92 Å². The summed E-state index contributed by atoms with van der Waals surface area (Å²) in [6.07, 6.45) is 2.10. The van der Waals surface area contributed by atoms with Crippen LogP contribution in [0.1, 0.15) is 24.8 Å². The Morgan fingerprint density at radius 1 is 1.40 bits per heavy atom. The molecular formula is C12H14FNO. The number of rotatable bonds is 5. The van der Waals surface area contributed by atoms with Gasteiger partial charge < -0.3 is 4.74 Å². The zero-order chi connectivity index (χ0) is 11.1. The largest absolute Gasteiger partial charge is 0.491 e. The third-order valence-corrected chi connectivity index (χ3v) is 2.03. The SMILES string of the molecule is Cc1ccc(F)c(OCCCCC#N)c1. The van der Waals surface area contributed by atoms with Crippen LogP contribution in [-0.2, 0) is 0 Å². The molecule has 1 rings (SSSR count). The summed E-state index contributed by atoms with van der Waals surface area (Å²) in [5.41, 5.74) is 0.975. The third-order valence-electron chi connectivity index (χ3n) is 2.03. The lowest BCUT2D eigenvalue weighted by atomic mass is 10.2. The van der Waals surface area contributed by atoms with Gasteiger partial charge in [-0.3, -0.25) is 0 Å². The maximum atomic E-state index is 13.2. The van der Waals surface area contributed by atoms with Gasteiger partial charge in [-0.2, -0.15) is 5.26 Å². The Morgan fingerprint density at radius 2 is 2.20 bits per heavy atom. The van der Waals surface area contributed by atoms with Crippen LogP contribution in [0.3, 0.4) is 0 Å². The van der Waals surface area contributed by atoms with Crippen molar-refractivity contribution in [3.05, 3.63) is 29.6 Å². The van der Waals surface area contributed by atoms with E-state index in [0.29, 0.717) is 18.8 Å². The zero-order valence-electron chi connectivity index (χ0n) is 8.79. The molecule has 0 aliphatic rings. The van der Waals surface area contributed by atoms with E-state index < -0.39 is 0 Å². The van der Waals surface area contributed by atoms with Gasteiger partial charge in [0.1, 0.15) is 0 Å². The number of benzene rings is 1. The van der Waals surface area contributed by atoms with Crippen LogP contribution in [0.5, 0.6) is 5.75 Å². The second kappa shape index (κ2) is 6.02. The van der Waals surface area contributed by atoms with Crippen LogP contribution in [0.4, 0.5) is 4.39 Å². The molecule has 0 fully saturated rings. The van der Waals surface area contributed by atoms with E-state index in [0.717, 1.165) is 18.4 Å². The minimum absolute atomic E-state index is 0.298. The van der Waals surface area contributed by atoms with Crippen molar-refractivity contribution in [1.29, 1.82) is 5.26 Å². The number of nitriles is 1. The maximum absolute atomic E-state index is 13.2. The van der Waals surface area contributed by atoms with Crippen LogP contribution in [0.25, 0.3) is 0 Å². The molecule has 0 bridgehead atoms. The first-order valence-corrected chi connectivity index (χ1v) is 5.00. The van der Waals surface area contributed by atoms with Crippen LogP contribution in [0.2, 0.25) is 0 Å². The number of ether oxygens (including phenoxy) is 1. The molecule has 15 heavy (non-hydrogen) atoms. The zero-order valence-corrected chi connectivity index (χ0v) is 8.79. The van der Waals surface area contributed by atoms with Gasteiger partial charge in [0.25, 0.3) is 0 Å². The summed E-state index contributed by atoms with van der Waals surface area (Å²) in [7, 11) is 0. The third kappa shape index (κ3) is 3.99. The molecule has 80 valence electrons. The quantitative estimate of drug-likeness (QED) is 0.694. The van der Waals surface area contributed by atoms with Crippen molar-refractivity contribution in [3.63, 3.8) is 0 Å². The normalized spacial score (nSPS) is 9.67. The molecule has 0 N–H and O–H groups in total. The lowest BCUT2D eigenvalue weighted by molar-refractivity contribution is 0.292. The minimum atomic E-state index is -0.333. The van der Waals surface area contributed by atoms with Gasteiger partial charge in [0, 0.05) is 6.42 Å². The molecule has 2 nitrogen and oxygen atoms in total. The van der Waals surface area contributed by atoms with Crippen LogP contribution < -0.4 is 4.74 Å². The Kier molecular flexibility index (Phi) is 4.62. The standard InChI is InChI=1S/C12H14FNO/c1-10-5-6-11(13)12(9-10)15-8-4-2-3-7-14/h5-6,9H,2-4,8H2,1H3. The molecule has 0 spiro atoms. The van der Waals surface area contributed by atoms with Crippen molar-refractivity contribution in [3.8, 4) is 11.8 Å². The second-order valence-corrected chi connectivity index (χ2v) is 3.40. The van der Waals surface area contributed by atoms with Crippen molar-refractivity contribution in [2.45, 2.75) is 26.2 Å². The smallest absolute Gasteiger partial charge is 0.165 e. The van der Waals surface area contributed by atoms with Crippen molar-refractivity contribution in [1.82, 2.24) is 0 Å². The molecule has 0 atom stereocenters. The summed E-state index contributed by atoms with van der Waals surface area (Å²) in [4.78, 5) is 0. The number of hydrogen-bond donors (Lipinski definition) is 0. The number of aryl methyl sites for hydroxylation is 1. The van der Waals surface area contributed by atoms with Crippen molar-refractivity contribution in [2.75, 3.05) is 6.61 Å². The summed E-state index contributed by atoms with van der Waals surface area (Å²) in [6.45, 7) is 2.35. The first-order chi connectivity index (χ1) is 7.24. The van der Waals surface area contributed by atoms with Crippen molar-refractivity contribution >= 4 is 0 Å². The molecule has 0 saturated carbocycles.